The second-order valence-electron chi connectivity index (χ2n) is 16.7. The highest BCUT2D eigenvalue weighted by Crippen LogP contribution is 2.28. The first-order chi connectivity index (χ1) is 33.4. The Bertz CT molecular complexity index is 2360. The number of allylic oxidation sites excluding steroid dienone is 2. The highest BCUT2D eigenvalue weighted by Gasteiger charge is 2.12. The fraction of sp³-hybridized carbons (Fsp3) is 0.310. The minimum Gasteiger partial charge on any atom is -0.494 e. The molecule has 68 heavy (non-hydrogen) atoms. The number of azo groups is 2. The lowest BCUT2D eigenvalue weighted by Gasteiger charge is -2.08. The van der Waals surface area contributed by atoms with Gasteiger partial charge in [0.05, 0.1) is 47.1 Å². The third kappa shape index (κ3) is 17.9. The van der Waals surface area contributed by atoms with Gasteiger partial charge in [-0.05, 0) is 171 Å². The van der Waals surface area contributed by atoms with E-state index in [0.717, 1.165) is 48.0 Å². The molecule has 0 bridgehead atoms. The van der Waals surface area contributed by atoms with Gasteiger partial charge < -0.3 is 18.9 Å². The number of fused-ring (bicyclic) bond motifs is 1. The van der Waals surface area contributed by atoms with E-state index in [0.29, 0.717) is 58.6 Å². The van der Waals surface area contributed by atoms with Crippen LogP contribution in [-0.4, -0.2) is 25.2 Å². The number of benzene rings is 6. The normalized spacial score (nSPS) is 11.2. The standard InChI is InChI=1S/C58H64N4O6/c1-3-5-7-9-11-13-15-17-19-41-65-53-37-31-51(32-38-53)61-59-49-27-21-46(22-28-49)57(63)67-55-35-25-45-26-36-56(44-48(45)43-55)68-58(64)47-23-29-50(30-24-47)60-62-52-33-39-54(40-34-52)66-42-20-18-16-14-12-10-8-6-4-2/h3-4,21-40,43-44H,1-2,5-20,41-42H2. The predicted octanol–water partition coefficient (Wildman–Crippen LogP) is 17.5. The van der Waals surface area contributed by atoms with Gasteiger partial charge in [-0.1, -0.05) is 88.5 Å². The fourth-order valence-electron chi connectivity index (χ4n) is 7.37. The van der Waals surface area contributed by atoms with Gasteiger partial charge in [0, 0.05) is 0 Å². The van der Waals surface area contributed by atoms with E-state index in [9.17, 15) is 9.59 Å². The largest absolute Gasteiger partial charge is 0.494 e. The summed E-state index contributed by atoms with van der Waals surface area (Å²) in [6.45, 7) is 8.96. The lowest BCUT2D eigenvalue weighted by Crippen LogP contribution is -2.08. The molecule has 0 atom stereocenters. The zero-order valence-corrected chi connectivity index (χ0v) is 39.2. The van der Waals surface area contributed by atoms with Gasteiger partial charge in [-0.25, -0.2) is 9.59 Å². The number of hydrogen-bond acceptors (Lipinski definition) is 10. The van der Waals surface area contributed by atoms with Gasteiger partial charge in [-0.3, -0.25) is 0 Å². The van der Waals surface area contributed by atoms with Crippen molar-refractivity contribution in [3.8, 4) is 23.0 Å². The number of carbonyl (C=O) groups is 2. The van der Waals surface area contributed by atoms with Gasteiger partial charge in [-0.15, -0.1) is 13.2 Å². The van der Waals surface area contributed by atoms with E-state index >= 15 is 0 Å². The molecule has 6 aromatic rings. The van der Waals surface area contributed by atoms with Crippen molar-refractivity contribution in [2.75, 3.05) is 13.2 Å². The molecule has 352 valence electrons. The van der Waals surface area contributed by atoms with Crippen LogP contribution in [0.4, 0.5) is 22.7 Å². The Labute approximate surface area is 401 Å². The van der Waals surface area contributed by atoms with Gasteiger partial charge in [-0.2, -0.15) is 20.5 Å². The number of unbranched alkanes of at least 4 members (excludes halogenated alkanes) is 14. The molecule has 6 aromatic carbocycles. The zero-order chi connectivity index (χ0) is 47.4. The maximum Gasteiger partial charge on any atom is 0.343 e. The van der Waals surface area contributed by atoms with Crippen LogP contribution in [0.5, 0.6) is 23.0 Å². The van der Waals surface area contributed by atoms with Crippen molar-refractivity contribution in [3.05, 3.63) is 170 Å². The molecular weight excluding hydrogens is 849 g/mol. The highest BCUT2D eigenvalue weighted by molar-refractivity contribution is 5.94. The Balaban J connectivity index is 0.904. The Morgan fingerprint density at radius 1 is 0.368 bits per heavy atom. The lowest BCUT2D eigenvalue weighted by atomic mass is 10.1. The van der Waals surface area contributed by atoms with Crippen LogP contribution in [0.15, 0.2) is 179 Å². The van der Waals surface area contributed by atoms with Crippen molar-refractivity contribution >= 4 is 45.5 Å². The van der Waals surface area contributed by atoms with Crippen LogP contribution in [0, 0.1) is 0 Å². The molecule has 0 fully saturated rings. The molecule has 0 aliphatic rings. The molecule has 0 amide bonds. The maximum atomic E-state index is 13.1. The zero-order valence-electron chi connectivity index (χ0n) is 39.2. The van der Waals surface area contributed by atoms with Crippen molar-refractivity contribution in [2.45, 2.75) is 103 Å². The molecule has 10 nitrogen and oxygen atoms in total. The summed E-state index contributed by atoms with van der Waals surface area (Å²) in [5.41, 5.74) is 3.31. The molecular formula is C58H64N4O6. The molecule has 6 rings (SSSR count). The van der Waals surface area contributed by atoms with Crippen LogP contribution in [0.3, 0.4) is 0 Å². The molecule has 0 aliphatic carbocycles. The first-order valence-electron chi connectivity index (χ1n) is 24.1. The first kappa shape index (κ1) is 50.2. The summed E-state index contributed by atoms with van der Waals surface area (Å²) in [7, 11) is 0. The van der Waals surface area contributed by atoms with Crippen molar-refractivity contribution < 1.29 is 28.5 Å². The summed E-state index contributed by atoms with van der Waals surface area (Å²) in [6.07, 6.45) is 23.3. The van der Waals surface area contributed by atoms with E-state index in [2.05, 4.69) is 33.6 Å². The van der Waals surface area contributed by atoms with Crippen LogP contribution >= 0.6 is 0 Å². The summed E-state index contributed by atoms with van der Waals surface area (Å²) in [4.78, 5) is 26.2. The number of hydrogen-bond donors (Lipinski definition) is 0. The van der Waals surface area contributed by atoms with Crippen molar-refractivity contribution in [1.82, 2.24) is 0 Å². The molecule has 10 heteroatoms. The SMILES string of the molecule is C=CCCCCCCCCCOc1ccc(N=Nc2ccc(C(=O)Oc3ccc4ccc(OC(=O)c5ccc(N=Nc6ccc(OCCCCCCCCCC=C)cc6)cc5)cc4c3)cc2)cc1. The van der Waals surface area contributed by atoms with Crippen molar-refractivity contribution in [3.63, 3.8) is 0 Å². The average Bonchev–Trinajstić information content (AvgIpc) is 3.37. The molecule has 0 unspecified atom stereocenters. The third-order valence-corrected chi connectivity index (χ3v) is 11.3. The van der Waals surface area contributed by atoms with E-state index in [1.807, 2.05) is 72.8 Å². The second kappa shape index (κ2) is 28.8. The van der Waals surface area contributed by atoms with E-state index in [-0.39, 0.29) is 0 Å². The third-order valence-electron chi connectivity index (χ3n) is 11.3. The number of nitrogens with zero attached hydrogens (tertiary/aromatic N) is 4. The number of carbonyl (C=O) groups excluding carboxylic acids is 2. The summed E-state index contributed by atoms with van der Waals surface area (Å²) in [5, 5.41) is 18.9. The summed E-state index contributed by atoms with van der Waals surface area (Å²) in [6, 6.07) is 39.1. The summed E-state index contributed by atoms with van der Waals surface area (Å²) >= 11 is 0. The Hall–Kier alpha value is -7.20. The van der Waals surface area contributed by atoms with Crippen molar-refractivity contribution in [2.24, 2.45) is 20.5 Å². The molecule has 0 heterocycles. The molecule has 0 spiro atoms. The molecule has 0 aliphatic heterocycles. The lowest BCUT2D eigenvalue weighted by molar-refractivity contribution is 0.0726. The molecule has 0 saturated carbocycles. The minimum absolute atomic E-state index is 0.351. The first-order valence-corrected chi connectivity index (χ1v) is 24.1. The highest BCUT2D eigenvalue weighted by atomic mass is 16.5. The Morgan fingerprint density at radius 2 is 0.676 bits per heavy atom. The van der Waals surface area contributed by atoms with Gasteiger partial charge >= 0.3 is 11.9 Å². The monoisotopic (exact) mass is 912 g/mol. The van der Waals surface area contributed by atoms with Crippen molar-refractivity contribution in [1.29, 1.82) is 0 Å². The quantitative estimate of drug-likeness (QED) is 0.0146. The number of rotatable bonds is 30. The number of esters is 2. The van der Waals surface area contributed by atoms with Gasteiger partial charge in [0.15, 0.2) is 0 Å². The van der Waals surface area contributed by atoms with Crippen LogP contribution in [0.2, 0.25) is 0 Å². The second-order valence-corrected chi connectivity index (χ2v) is 16.7. The fourth-order valence-corrected chi connectivity index (χ4v) is 7.37. The van der Waals surface area contributed by atoms with E-state index < -0.39 is 11.9 Å². The van der Waals surface area contributed by atoms with E-state index in [1.54, 1.807) is 72.8 Å². The summed E-state index contributed by atoms with van der Waals surface area (Å²) < 4.78 is 23.2. The molecule has 0 aromatic heterocycles. The van der Waals surface area contributed by atoms with Crippen LogP contribution < -0.4 is 18.9 Å². The van der Waals surface area contributed by atoms with Crippen LogP contribution in [0.25, 0.3) is 10.8 Å². The predicted molar refractivity (Wildman–Crippen MR) is 273 cm³/mol. The Morgan fingerprint density at radius 3 is 1.03 bits per heavy atom. The van der Waals surface area contributed by atoms with E-state index in [1.165, 1.54) is 77.0 Å². The van der Waals surface area contributed by atoms with Crippen LogP contribution in [0.1, 0.15) is 123 Å². The topological polar surface area (TPSA) is 121 Å². The molecule has 0 saturated heterocycles. The summed E-state index contributed by atoms with van der Waals surface area (Å²) in [5.74, 6) is 1.29. The van der Waals surface area contributed by atoms with Gasteiger partial charge in [0.25, 0.3) is 0 Å². The number of ether oxygens (including phenoxy) is 4. The molecule has 0 radical (unpaired) electrons. The Kier molecular flexibility index (Phi) is 21.2. The van der Waals surface area contributed by atoms with E-state index in [4.69, 9.17) is 18.9 Å². The molecule has 0 N–H and O–H groups in total. The average molecular weight is 913 g/mol. The smallest absolute Gasteiger partial charge is 0.343 e. The minimum atomic E-state index is -0.520. The van der Waals surface area contributed by atoms with Gasteiger partial charge in [0.1, 0.15) is 23.0 Å². The van der Waals surface area contributed by atoms with Gasteiger partial charge in [0.2, 0.25) is 0 Å². The van der Waals surface area contributed by atoms with Crippen LogP contribution in [-0.2, 0) is 0 Å². The maximum absolute atomic E-state index is 13.1.